The van der Waals surface area contributed by atoms with E-state index in [4.69, 9.17) is 11.6 Å². The largest absolute Gasteiger partial charge is 0.350 e. The number of amides is 1. The molecule has 0 bridgehead atoms. The van der Waals surface area contributed by atoms with Gasteiger partial charge in [0.2, 0.25) is 5.91 Å². The maximum atomic E-state index is 12.6. The number of nitrogens with one attached hydrogen (secondary N) is 1. The molecule has 30 heavy (non-hydrogen) atoms. The Bertz CT molecular complexity index is 1270. The number of aromatic nitrogens is 3. The summed E-state index contributed by atoms with van der Waals surface area (Å²) in [5.41, 5.74) is 1.92. The molecular formula is C22H19ClN4O2S. The van der Waals surface area contributed by atoms with Crippen LogP contribution in [0, 0.1) is 0 Å². The van der Waals surface area contributed by atoms with Gasteiger partial charge < -0.3 is 5.32 Å². The quantitative estimate of drug-likeness (QED) is 0.455. The van der Waals surface area contributed by atoms with Gasteiger partial charge in [0.15, 0.2) is 5.65 Å². The van der Waals surface area contributed by atoms with Crippen molar-refractivity contribution >= 4 is 40.6 Å². The van der Waals surface area contributed by atoms with Crippen molar-refractivity contribution in [2.45, 2.75) is 23.6 Å². The van der Waals surface area contributed by atoms with Crippen molar-refractivity contribution in [3.63, 3.8) is 0 Å². The van der Waals surface area contributed by atoms with Gasteiger partial charge in [-0.1, -0.05) is 41.9 Å². The third kappa shape index (κ3) is 4.42. The summed E-state index contributed by atoms with van der Waals surface area (Å²) in [7, 11) is 0. The monoisotopic (exact) mass is 438 g/mol. The maximum Gasteiger partial charge on any atom is 0.350 e. The number of halogens is 1. The van der Waals surface area contributed by atoms with Gasteiger partial charge in [0.1, 0.15) is 0 Å². The van der Waals surface area contributed by atoms with Gasteiger partial charge in [0.05, 0.1) is 16.8 Å². The molecule has 0 saturated carbocycles. The van der Waals surface area contributed by atoms with Crippen LogP contribution in [0.4, 0.5) is 5.69 Å². The average Bonchev–Trinajstić information content (AvgIpc) is 3.05. The third-order valence-electron chi connectivity index (χ3n) is 4.52. The van der Waals surface area contributed by atoms with Crippen LogP contribution in [0.1, 0.15) is 12.5 Å². The summed E-state index contributed by atoms with van der Waals surface area (Å²) in [5, 5.41) is 7.58. The highest BCUT2D eigenvalue weighted by Gasteiger charge is 2.16. The lowest BCUT2D eigenvalue weighted by molar-refractivity contribution is -0.115. The van der Waals surface area contributed by atoms with Crippen molar-refractivity contribution in [3.8, 4) is 0 Å². The lowest BCUT2D eigenvalue weighted by Crippen LogP contribution is -2.23. The Kier molecular flexibility index (Phi) is 5.92. The summed E-state index contributed by atoms with van der Waals surface area (Å²) in [6, 6.07) is 20.3. The van der Waals surface area contributed by atoms with Crippen LogP contribution < -0.4 is 11.0 Å². The Morgan fingerprint density at radius 3 is 2.73 bits per heavy atom. The van der Waals surface area contributed by atoms with E-state index >= 15 is 0 Å². The molecule has 0 radical (unpaired) electrons. The van der Waals surface area contributed by atoms with E-state index in [2.05, 4.69) is 10.4 Å². The summed E-state index contributed by atoms with van der Waals surface area (Å²) in [6.07, 6.45) is 1.69. The van der Waals surface area contributed by atoms with Crippen molar-refractivity contribution in [3.05, 3.63) is 94.0 Å². The molecule has 0 aliphatic rings. The minimum atomic E-state index is -0.324. The van der Waals surface area contributed by atoms with E-state index in [9.17, 15) is 9.59 Å². The zero-order valence-electron chi connectivity index (χ0n) is 16.2. The maximum absolute atomic E-state index is 12.6. The first-order valence-electron chi connectivity index (χ1n) is 9.36. The van der Waals surface area contributed by atoms with Crippen LogP contribution in [0.25, 0.3) is 5.65 Å². The van der Waals surface area contributed by atoms with Crippen LogP contribution in [0.3, 0.4) is 0 Å². The zero-order chi connectivity index (χ0) is 21.1. The molecule has 2 aromatic heterocycles. The predicted octanol–water partition coefficient (Wildman–Crippen LogP) is 4.32. The van der Waals surface area contributed by atoms with Gasteiger partial charge in [-0.15, -0.1) is 16.9 Å². The standard InChI is InChI=1S/C22H19ClN4O2S/c1-15(30-19-10-3-2-9-18(19)23)21(28)24-17-8-6-7-16(13-17)14-27-22(29)26-12-5-4-11-20(26)25-27/h2-13,15H,14H2,1H3,(H,24,28). The molecule has 1 unspecified atom stereocenters. The Morgan fingerprint density at radius 1 is 1.13 bits per heavy atom. The molecule has 1 amide bonds. The summed E-state index contributed by atoms with van der Waals surface area (Å²) in [6.45, 7) is 2.15. The van der Waals surface area contributed by atoms with Crippen molar-refractivity contribution in [1.29, 1.82) is 0 Å². The molecular weight excluding hydrogens is 420 g/mol. The molecule has 152 valence electrons. The van der Waals surface area contributed by atoms with Gasteiger partial charge in [-0.2, -0.15) is 0 Å². The summed E-state index contributed by atoms with van der Waals surface area (Å²) in [5.74, 6) is -0.123. The van der Waals surface area contributed by atoms with Crippen LogP contribution in [0.2, 0.25) is 5.02 Å². The van der Waals surface area contributed by atoms with Crippen LogP contribution in [0.15, 0.2) is 82.6 Å². The second kappa shape index (κ2) is 8.77. The van der Waals surface area contributed by atoms with Crippen LogP contribution >= 0.6 is 23.4 Å². The zero-order valence-corrected chi connectivity index (χ0v) is 17.7. The Labute approximate surface area is 182 Å². The SMILES string of the molecule is CC(Sc1ccccc1Cl)C(=O)Nc1cccc(Cn2nc3ccccn3c2=O)c1. The summed E-state index contributed by atoms with van der Waals surface area (Å²) in [4.78, 5) is 26.0. The number of hydrogen-bond donors (Lipinski definition) is 1. The fourth-order valence-corrected chi connectivity index (χ4v) is 4.17. The number of carbonyl (C=O) groups is 1. The van der Waals surface area contributed by atoms with E-state index in [0.29, 0.717) is 22.9 Å². The molecule has 8 heteroatoms. The third-order valence-corrected chi connectivity index (χ3v) is 6.14. The van der Waals surface area contributed by atoms with Gasteiger partial charge in [0, 0.05) is 16.8 Å². The Balaban J connectivity index is 1.46. The molecule has 4 rings (SSSR count). The molecule has 1 atom stereocenters. The van der Waals surface area contributed by atoms with Gasteiger partial charge in [0.25, 0.3) is 0 Å². The average molecular weight is 439 g/mol. The lowest BCUT2D eigenvalue weighted by atomic mass is 10.2. The van der Waals surface area contributed by atoms with Crippen molar-refractivity contribution in [1.82, 2.24) is 14.2 Å². The molecule has 4 aromatic rings. The first-order valence-corrected chi connectivity index (χ1v) is 10.6. The van der Waals surface area contributed by atoms with E-state index in [1.54, 1.807) is 24.4 Å². The molecule has 1 N–H and O–H groups in total. The van der Waals surface area contributed by atoms with Gasteiger partial charge in [-0.05, 0) is 48.9 Å². The molecule has 0 saturated heterocycles. The van der Waals surface area contributed by atoms with Crippen molar-refractivity contribution < 1.29 is 4.79 Å². The summed E-state index contributed by atoms with van der Waals surface area (Å²) >= 11 is 7.59. The number of thioether (sulfide) groups is 1. The summed E-state index contributed by atoms with van der Waals surface area (Å²) < 4.78 is 2.91. The van der Waals surface area contributed by atoms with E-state index in [-0.39, 0.29) is 16.8 Å². The highest BCUT2D eigenvalue weighted by Crippen LogP contribution is 2.30. The molecule has 6 nitrogen and oxygen atoms in total. The first-order chi connectivity index (χ1) is 14.5. The van der Waals surface area contributed by atoms with Gasteiger partial charge in [-0.25, -0.2) is 9.48 Å². The topological polar surface area (TPSA) is 68.4 Å². The highest BCUT2D eigenvalue weighted by atomic mass is 35.5. The van der Waals surface area contributed by atoms with E-state index in [1.165, 1.54) is 20.8 Å². The number of nitrogens with zero attached hydrogens (tertiary/aromatic N) is 3. The first kappa shape index (κ1) is 20.3. The number of pyridine rings is 1. The number of anilines is 1. The smallest absolute Gasteiger partial charge is 0.325 e. The number of rotatable bonds is 6. The Morgan fingerprint density at radius 2 is 1.93 bits per heavy atom. The minimum Gasteiger partial charge on any atom is -0.325 e. The van der Waals surface area contributed by atoms with Crippen molar-refractivity contribution in [2.75, 3.05) is 5.32 Å². The molecule has 2 aromatic carbocycles. The second-order valence-corrected chi connectivity index (χ2v) is 8.54. The highest BCUT2D eigenvalue weighted by molar-refractivity contribution is 8.00. The second-order valence-electron chi connectivity index (χ2n) is 6.75. The normalized spacial score (nSPS) is 12.1. The molecule has 0 fully saturated rings. The van der Waals surface area contributed by atoms with Crippen molar-refractivity contribution in [2.24, 2.45) is 0 Å². The molecule has 0 aliphatic heterocycles. The number of benzene rings is 2. The fourth-order valence-electron chi connectivity index (χ4n) is 3.02. The van der Waals surface area contributed by atoms with E-state index in [1.807, 2.05) is 55.5 Å². The minimum absolute atomic E-state index is 0.123. The fraction of sp³-hybridized carbons (Fsp3) is 0.136. The van der Waals surface area contributed by atoms with Crippen LogP contribution in [0.5, 0.6) is 0 Å². The van der Waals surface area contributed by atoms with Gasteiger partial charge in [-0.3, -0.25) is 9.20 Å². The van der Waals surface area contributed by atoms with Gasteiger partial charge >= 0.3 is 5.69 Å². The number of fused-ring (bicyclic) bond motifs is 1. The number of carbonyl (C=O) groups excluding carboxylic acids is 1. The number of hydrogen-bond acceptors (Lipinski definition) is 4. The van der Waals surface area contributed by atoms with E-state index < -0.39 is 0 Å². The Hall–Kier alpha value is -3.03. The van der Waals surface area contributed by atoms with Crippen LogP contribution in [-0.2, 0) is 11.3 Å². The van der Waals surface area contributed by atoms with Crippen LogP contribution in [-0.4, -0.2) is 25.3 Å². The molecule has 0 aliphatic carbocycles. The lowest BCUT2D eigenvalue weighted by Gasteiger charge is -2.13. The predicted molar refractivity (Wildman–Crippen MR) is 120 cm³/mol. The van der Waals surface area contributed by atoms with E-state index in [0.717, 1.165) is 10.5 Å². The molecule has 0 spiro atoms. The molecule has 2 heterocycles.